The zero-order valence-electron chi connectivity index (χ0n) is 13.9. The molecule has 140 valence electrons. The third-order valence-electron chi connectivity index (χ3n) is 5.58. The molecule has 4 atom stereocenters. The maximum Gasteiger partial charge on any atom is 0.241 e. The Balaban J connectivity index is 1.47. The van der Waals surface area contributed by atoms with E-state index in [1.807, 2.05) is 0 Å². The van der Waals surface area contributed by atoms with Gasteiger partial charge in [-0.1, -0.05) is 17.7 Å². The molecule has 3 aliphatic heterocycles. The first-order valence-electron chi connectivity index (χ1n) is 8.65. The molecular weight excluding hydrogens is 441 g/mol. The van der Waals surface area contributed by atoms with Gasteiger partial charge in [0.2, 0.25) is 11.8 Å². The summed E-state index contributed by atoms with van der Waals surface area (Å²) in [5.74, 6) is -1.60. The highest BCUT2D eigenvalue weighted by Crippen LogP contribution is 2.49. The molecule has 4 heterocycles. The summed E-state index contributed by atoms with van der Waals surface area (Å²) in [5, 5.41) is 4.65. The molecule has 5 rings (SSSR count). The standard InChI is InChI=1S/C18H14BrClFN3O3/c19-9-7-23(6-8-10(20)2-1-3-11(8)21)22-16(9)24-17(25)14-12-4-5-13(27-12)15(14)18(24)26/h1-3,7,12-15H,4-6H2. The van der Waals surface area contributed by atoms with Gasteiger partial charge < -0.3 is 4.74 Å². The summed E-state index contributed by atoms with van der Waals surface area (Å²) in [5.41, 5.74) is 0.295. The number of fused-ring (bicyclic) bond motifs is 5. The van der Waals surface area contributed by atoms with Gasteiger partial charge in [0.05, 0.1) is 35.1 Å². The highest BCUT2D eigenvalue weighted by molar-refractivity contribution is 9.10. The van der Waals surface area contributed by atoms with Crippen molar-refractivity contribution < 1.29 is 18.7 Å². The topological polar surface area (TPSA) is 64.4 Å². The summed E-state index contributed by atoms with van der Waals surface area (Å²) < 4.78 is 21.7. The highest BCUT2D eigenvalue weighted by Gasteiger charge is 2.63. The quantitative estimate of drug-likeness (QED) is 0.669. The van der Waals surface area contributed by atoms with Crippen molar-refractivity contribution in [3.8, 4) is 0 Å². The van der Waals surface area contributed by atoms with Crippen LogP contribution in [0.3, 0.4) is 0 Å². The second kappa shape index (κ2) is 6.12. The van der Waals surface area contributed by atoms with Gasteiger partial charge in [0.25, 0.3) is 0 Å². The second-order valence-electron chi connectivity index (χ2n) is 7.05. The van der Waals surface area contributed by atoms with Gasteiger partial charge in [-0.2, -0.15) is 5.10 Å². The maximum absolute atomic E-state index is 14.0. The van der Waals surface area contributed by atoms with Crippen molar-refractivity contribution in [3.63, 3.8) is 0 Å². The van der Waals surface area contributed by atoms with Gasteiger partial charge in [-0.15, -0.1) is 0 Å². The Labute approximate surface area is 167 Å². The van der Waals surface area contributed by atoms with Crippen LogP contribution in [-0.2, 0) is 20.9 Å². The van der Waals surface area contributed by atoms with E-state index in [1.165, 1.54) is 16.8 Å². The third-order valence-corrected chi connectivity index (χ3v) is 6.49. The summed E-state index contributed by atoms with van der Waals surface area (Å²) in [6, 6.07) is 4.46. The SMILES string of the molecule is O=C1C2C3CCC(O3)C2C(=O)N1c1nn(Cc2c(F)cccc2Cl)cc1Br. The largest absolute Gasteiger partial charge is 0.373 e. The van der Waals surface area contributed by atoms with Crippen molar-refractivity contribution in [2.75, 3.05) is 4.90 Å². The number of aromatic nitrogens is 2. The molecule has 2 aromatic rings. The maximum atomic E-state index is 14.0. The van der Waals surface area contributed by atoms with Gasteiger partial charge in [-0.25, -0.2) is 9.29 Å². The van der Waals surface area contributed by atoms with Crippen molar-refractivity contribution in [1.82, 2.24) is 9.78 Å². The van der Waals surface area contributed by atoms with Crippen molar-refractivity contribution >= 4 is 45.2 Å². The fourth-order valence-electron chi connectivity index (χ4n) is 4.39. The molecule has 0 aliphatic carbocycles. The minimum Gasteiger partial charge on any atom is -0.373 e. The number of nitrogens with zero attached hydrogens (tertiary/aromatic N) is 3. The van der Waals surface area contributed by atoms with E-state index < -0.39 is 17.7 Å². The van der Waals surface area contributed by atoms with Gasteiger partial charge in [0, 0.05) is 16.8 Å². The Morgan fingerprint density at radius 1 is 1.22 bits per heavy atom. The van der Waals surface area contributed by atoms with Gasteiger partial charge in [0.15, 0.2) is 5.82 Å². The first kappa shape index (κ1) is 17.3. The molecule has 4 unspecified atom stereocenters. The van der Waals surface area contributed by atoms with Crippen LogP contribution >= 0.6 is 27.5 Å². The number of amides is 2. The lowest BCUT2D eigenvalue weighted by atomic mass is 9.81. The number of carbonyl (C=O) groups excluding carboxylic acids is 2. The fraction of sp³-hybridized carbons (Fsp3) is 0.389. The predicted molar refractivity (Wildman–Crippen MR) is 97.8 cm³/mol. The van der Waals surface area contributed by atoms with E-state index in [0.717, 1.165) is 17.7 Å². The number of ether oxygens (including phenoxy) is 1. The van der Waals surface area contributed by atoms with Crippen LogP contribution in [0.4, 0.5) is 10.2 Å². The van der Waals surface area contributed by atoms with Crippen LogP contribution in [0.15, 0.2) is 28.9 Å². The Bertz CT molecular complexity index is 933. The molecule has 9 heteroatoms. The molecule has 0 spiro atoms. The minimum absolute atomic E-state index is 0.0849. The van der Waals surface area contributed by atoms with Crippen LogP contribution in [0.1, 0.15) is 18.4 Å². The molecule has 6 nitrogen and oxygen atoms in total. The van der Waals surface area contributed by atoms with Crippen LogP contribution in [0, 0.1) is 17.7 Å². The van der Waals surface area contributed by atoms with Gasteiger partial charge in [-0.3, -0.25) is 14.3 Å². The Hall–Kier alpha value is -1.77. The molecule has 3 fully saturated rings. The molecule has 0 saturated carbocycles. The van der Waals surface area contributed by atoms with E-state index in [9.17, 15) is 14.0 Å². The van der Waals surface area contributed by atoms with Crippen molar-refractivity contribution in [1.29, 1.82) is 0 Å². The zero-order valence-corrected chi connectivity index (χ0v) is 16.3. The van der Waals surface area contributed by atoms with Gasteiger partial charge in [0.1, 0.15) is 5.82 Å². The van der Waals surface area contributed by atoms with Gasteiger partial charge in [-0.05, 0) is 40.9 Å². The predicted octanol–water partition coefficient (Wildman–Crippen LogP) is 3.15. The Morgan fingerprint density at radius 2 is 1.89 bits per heavy atom. The monoisotopic (exact) mass is 453 g/mol. The fourth-order valence-corrected chi connectivity index (χ4v) is 5.10. The summed E-state index contributed by atoms with van der Waals surface area (Å²) >= 11 is 9.45. The number of benzene rings is 1. The van der Waals surface area contributed by atoms with Crippen LogP contribution < -0.4 is 4.90 Å². The lowest BCUT2D eigenvalue weighted by Gasteiger charge is -2.15. The van der Waals surface area contributed by atoms with E-state index >= 15 is 0 Å². The van der Waals surface area contributed by atoms with E-state index in [1.54, 1.807) is 12.3 Å². The molecular formula is C18H14BrClFN3O3. The first-order chi connectivity index (χ1) is 13.0. The molecule has 1 aromatic carbocycles. The lowest BCUT2D eigenvalue weighted by Crippen LogP contribution is -2.34. The van der Waals surface area contributed by atoms with Crippen LogP contribution in [0.5, 0.6) is 0 Å². The Morgan fingerprint density at radius 3 is 2.52 bits per heavy atom. The first-order valence-corrected chi connectivity index (χ1v) is 9.82. The number of rotatable bonds is 3. The average molecular weight is 455 g/mol. The summed E-state index contributed by atoms with van der Waals surface area (Å²) in [4.78, 5) is 26.9. The van der Waals surface area contributed by atoms with E-state index in [4.69, 9.17) is 16.3 Å². The van der Waals surface area contributed by atoms with Crippen molar-refractivity contribution in [2.45, 2.75) is 31.6 Å². The highest BCUT2D eigenvalue weighted by atomic mass is 79.9. The second-order valence-corrected chi connectivity index (χ2v) is 8.31. The molecule has 1 aromatic heterocycles. The average Bonchev–Trinajstić information content (AvgIpc) is 3.36. The minimum atomic E-state index is -0.438. The molecule has 3 aliphatic rings. The lowest BCUT2D eigenvalue weighted by molar-refractivity contribution is -0.124. The third kappa shape index (κ3) is 2.50. The van der Waals surface area contributed by atoms with Crippen LogP contribution in [0.25, 0.3) is 0 Å². The molecule has 3 saturated heterocycles. The number of imide groups is 1. The molecule has 2 bridgehead atoms. The summed E-state index contributed by atoms with van der Waals surface area (Å²) in [6.07, 6.45) is 2.86. The number of halogens is 3. The molecule has 2 amide bonds. The molecule has 0 radical (unpaired) electrons. The van der Waals surface area contributed by atoms with E-state index in [0.29, 0.717) is 15.1 Å². The molecule has 0 N–H and O–H groups in total. The van der Waals surface area contributed by atoms with Gasteiger partial charge >= 0.3 is 0 Å². The molecule has 27 heavy (non-hydrogen) atoms. The van der Waals surface area contributed by atoms with E-state index in [2.05, 4.69) is 21.0 Å². The number of hydrogen-bond acceptors (Lipinski definition) is 4. The van der Waals surface area contributed by atoms with Crippen LogP contribution in [0.2, 0.25) is 5.02 Å². The van der Waals surface area contributed by atoms with Crippen LogP contribution in [-0.4, -0.2) is 33.8 Å². The van der Waals surface area contributed by atoms with Crippen molar-refractivity contribution in [3.05, 3.63) is 45.3 Å². The smallest absolute Gasteiger partial charge is 0.241 e. The number of hydrogen-bond donors (Lipinski definition) is 0. The summed E-state index contributed by atoms with van der Waals surface area (Å²) in [6.45, 7) is 0.0849. The zero-order chi connectivity index (χ0) is 18.9. The number of anilines is 1. The van der Waals surface area contributed by atoms with Crippen molar-refractivity contribution in [2.24, 2.45) is 11.8 Å². The van der Waals surface area contributed by atoms with E-state index in [-0.39, 0.29) is 36.4 Å². The number of carbonyl (C=O) groups is 2. The Kier molecular flexibility index (Phi) is 3.93. The summed E-state index contributed by atoms with van der Waals surface area (Å²) in [7, 11) is 0. The normalized spacial score (nSPS) is 29.1.